The monoisotopic (exact) mass is 417 g/mol. The van der Waals surface area contributed by atoms with Crippen LogP contribution in [0.15, 0.2) is 41.3 Å². The van der Waals surface area contributed by atoms with Gasteiger partial charge in [-0.3, -0.25) is 4.79 Å². The van der Waals surface area contributed by atoms with Crippen LogP contribution in [0.25, 0.3) is 0 Å². The minimum atomic E-state index is -3.79. The van der Waals surface area contributed by atoms with Crippen molar-refractivity contribution in [3.63, 3.8) is 0 Å². The standard InChI is InChI=1S/C22H27NO5S/c1-6-28-21-12-17-16(11-20(21)27-5)18(13-19(17)24)23-29(25,26)15-9-7-14(8-10-15)22(2,3)4/h7-12,18,23H,6,13H2,1-5H3. The van der Waals surface area contributed by atoms with Crippen LogP contribution in [0, 0.1) is 0 Å². The average Bonchev–Trinajstić information content (AvgIpc) is 2.95. The SMILES string of the molecule is CCOc1cc2c(cc1OC)C(NS(=O)(=O)c1ccc(C(C)(C)C)cc1)CC2=O. The molecular weight excluding hydrogens is 390 g/mol. The van der Waals surface area contributed by atoms with Gasteiger partial charge in [-0.15, -0.1) is 0 Å². The normalized spacial score (nSPS) is 16.6. The van der Waals surface area contributed by atoms with Crippen molar-refractivity contribution in [1.29, 1.82) is 0 Å². The van der Waals surface area contributed by atoms with Crippen molar-refractivity contribution in [1.82, 2.24) is 4.72 Å². The Balaban J connectivity index is 1.91. The highest BCUT2D eigenvalue weighted by molar-refractivity contribution is 7.89. The van der Waals surface area contributed by atoms with Gasteiger partial charge in [0.15, 0.2) is 17.3 Å². The molecular formula is C22H27NO5S. The lowest BCUT2D eigenvalue weighted by Gasteiger charge is -2.20. The molecule has 0 bridgehead atoms. The molecule has 1 N–H and O–H groups in total. The molecule has 1 atom stereocenters. The zero-order valence-corrected chi connectivity index (χ0v) is 18.2. The van der Waals surface area contributed by atoms with Crippen LogP contribution in [0.2, 0.25) is 0 Å². The highest BCUT2D eigenvalue weighted by Crippen LogP contribution is 2.40. The highest BCUT2D eigenvalue weighted by atomic mass is 32.2. The summed E-state index contributed by atoms with van der Waals surface area (Å²) in [5, 5.41) is 0. The molecule has 0 radical (unpaired) electrons. The van der Waals surface area contributed by atoms with Crippen molar-refractivity contribution in [3.8, 4) is 11.5 Å². The van der Waals surface area contributed by atoms with Gasteiger partial charge in [0.2, 0.25) is 10.0 Å². The van der Waals surface area contributed by atoms with Crippen LogP contribution in [0.4, 0.5) is 0 Å². The molecule has 3 rings (SSSR count). The highest BCUT2D eigenvalue weighted by Gasteiger charge is 2.34. The first-order valence-electron chi connectivity index (χ1n) is 9.57. The number of methoxy groups -OCH3 is 1. The number of fused-ring (bicyclic) bond motifs is 1. The van der Waals surface area contributed by atoms with Crippen molar-refractivity contribution >= 4 is 15.8 Å². The van der Waals surface area contributed by atoms with Crippen LogP contribution in [0.1, 0.15) is 61.6 Å². The van der Waals surface area contributed by atoms with E-state index in [1.54, 1.807) is 24.3 Å². The van der Waals surface area contributed by atoms with E-state index in [0.29, 0.717) is 29.2 Å². The van der Waals surface area contributed by atoms with Gasteiger partial charge in [-0.1, -0.05) is 32.9 Å². The average molecular weight is 418 g/mol. The van der Waals surface area contributed by atoms with Crippen molar-refractivity contribution < 1.29 is 22.7 Å². The summed E-state index contributed by atoms with van der Waals surface area (Å²) in [7, 11) is -2.28. The van der Waals surface area contributed by atoms with E-state index >= 15 is 0 Å². The van der Waals surface area contributed by atoms with Crippen LogP contribution in [0.3, 0.4) is 0 Å². The van der Waals surface area contributed by atoms with E-state index < -0.39 is 16.1 Å². The lowest BCUT2D eigenvalue weighted by Crippen LogP contribution is -2.27. The van der Waals surface area contributed by atoms with Gasteiger partial charge < -0.3 is 9.47 Å². The fourth-order valence-corrected chi connectivity index (χ4v) is 4.65. The molecule has 0 saturated carbocycles. The molecule has 0 heterocycles. The second-order valence-corrected chi connectivity index (χ2v) is 9.81. The second kappa shape index (κ2) is 7.80. The number of hydrogen-bond donors (Lipinski definition) is 1. The van der Waals surface area contributed by atoms with Crippen LogP contribution >= 0.6 is 0 Å². The van der Waals surface area contributed by atoms with E-state index in [1.165, 1.54) is 7.11 Å². The molecule has 2 aromatic rings. The Bertz CT molecular complexity index is 1020. The Kier molecular flexibility index (Phi) is 5.74. The maximum atomic E-state index is 12.9. The maximum absolute atomic E-state index is 12.9. The summed E-state index contributed by atoms with van der Waals surface area (Å²) in [6, 6.07) is 9.50. The topological polar surface area (TPSA) is 81.7 Å². The number of Topliss-reactive ketones (excluding diaryl/α,β-unsaturated/α-hetero) is 1. The van der Waals surface area contributed by atoms with Crippen molar-refractivity contribution in [2.75, 3.05) is 13.7 Å². The molecule has 7 heteroatoms. The number of ketones is 1. The summed E-state index contributed by atoms with van der Waals surface area (Å²) in [5.41, 5.74) is 2.04. The molecule has 2 aromatic carbocycles. The Labute approximate surface area is 172 Å². The predicted molar refractivity (Wildman–Crippen MR) is 111 cm³/mol. The van der Waals surface area contributed by atoms with Gasteiger partial charge in [-0.2, -0.15) is 0 Å². The van der Waals surface area contributed by atoms with E-state index in [9.17, 15) is 13.2 Å². The summed E-state index contributed by atoms with van der Waals surface area (Å²) in [5.74, 6) is 0.821. The summed E-state index contributed by atoms with van der Waals surface area (Å²) in [4.78, 5) is 12.6. The number of benzene rings is 2. The van der Waals surface area contributed by atoms with Crippen LogP contribution < -0.4 is 14.2 Å². The molecule has 0 saturated heterocycles. The zero-order chi connectivity index (χ0) is 21.4. The molecule has 0 aliphatic heterocycles. The molecule has 1 aliphatic rings. The van der Waals surface area contributed by atoms with E-state index in [0.717, 1.165) is 5.56 Å². The van der Waals surface area contributed by atoms with E-state index in [1.807, 2.05) is 19.1 Å². The minimum absolute atomic E-state index is 0.0629. The molecule has 0 spiro atoms. The molecule has 1 unspecified atom stereocenters. The first kappa shape index (κ1) is 21.3. The van der Waals surface area contributed by atoms with Crippen molar-refractivity contribution in [2.45, 2.75) is 50.5 Å². The number of carbonyl (C=O) groups excluding carboxylic acids is 1. The van der Waals surface area contributed by atoms with Crippen LogP contribution in [-0.4, -0.2) is 27.9 Å². The first-order chi connectivity index (χ1) is 13.6. The Morgan fingerprint density at radius 2 is 1.76 bits per heavy atom. The summed E-state index contributed by atoms with van der Waals surface area (Å²) in [6.45, 7) is 8.49. The molecule has 1 aliphatic carbocycles. The van der Waals surface area contributed by atoms with Crippen molar-refractivity contribution in [2.24, 2.45) is 0 Å². The summed E-state index contributed by atoms with van der Waals surface area (Å²) in [6.07, 6.45) is 0.0629. The van der Waals surface area contributed by atoms with Gasteiger partial charge in [0.1, 0.15) is 0 Å². The number of rotatable bonds is 6. The zero-order valence-electron chi connectivity index (χ0n) is 17.4. The quantitative estimate of drug-likeness (QED) is 0.768. The van der Waals surface area contributed by atoms with E-state index in [-0.39, 0.29) is 22.5 Å². The van der Waals surface area contributed by atoms with E-state index in [2.05, 4.69) is 25.5 Å². The Morgan fingerprint density at radius 1 is 1.10 bits per heavy atom. The number of ether oxygens (including phenoxy) is 2. The number of sulfonamides is 1. The molecule has 6 nitrogen and oxygen atoms in total. The largest absolute Gasteiger partial charge is 0.493 e. The molecule has 0 aromatic heterocycles. The summed E-state index contributed by atoms with van der Waals surface area (Å²) >= 11 is 0. The van der Waals surface area contributed by atoms with Gasteiger partial charge in [-0.05, 0) is 47.7 Å². The van der Waals surface area contributed by atoms with Gasteiger partial charge in [-0.25, -0.2) is 13.1 Å². The Morgan fingerprint density at radius 3 is 2.31 bits per heavy atom. The first-order valence-corrected chi connectivity index (χ1v) is 11.1. The fraction of sp³-hybridized carbons (Fsp3) is 0.409. The molecule has 0 amide bonds. The number of carbonyl (C=O) groups is 1. The third-order valence-electron chi connectivity index (χ3n) is 5.03. The summed E-state index contributed by atoms with van der Waals surface area (Å²) < 4.78 is 39.4. The second-order valence-electron chi connectivity index (χ2n) is 8.10. The Hall–Kier alpha value is -2.38. The van der Waals surface area contributed by atoms with Gasteiger partial charge in [0.25, 0.3) is 0 Å². The fourth-order valence-electron chi connectivity index (χ4n) is 3.43. The third-order valence-corrected chi connectivity index (χ3v) is 6.52. The molecule has 0 fully saturated rings. The molecule has 156 valence electrons. The van der Waals surface area contributed by atoms with E-state index in [4.69, 9.17) is 9.47 Å². The smallest absolute Gasteiger partial charge is 0.241 e. The lowest BCUT2D eigenvalue weighted by molar-refractivity contribution is 0.0988. The van der Waals surface area contributed by atoms with Crippen LogP contribution in [-0.2, 0) is 15.4 Å². The predicted octanol–water partition coefficient (Wildman–Crippen LogP) is 4.00. The van der Waals surface area contributed by atoms with Gasteiger partial charge >= 0.3 is 0 Å². The lowest BCUT2D eigenvalue weighted by atomic mass is 9.87. The minimum Gasteiger partial charge on any atom is -0.493 e. The van der Waals surface area contributed by atoms with Gasteiger partial charge in [0, 0.05) is 12.0 Å². The molecule has 29 heavy (non-hydrogen) atoms. The number of hydrogen-bond acceptors (Lipinski definition) is 5. The number of nitrogens with one attached hydrogen (secondary N) is 1. The van der Waals surface area contributed by atoms with Crippen molar-refractivity contribution in [3.05, 3.63) is 53.1 Å². The third kappa shape index (κ3) is 4.31. The van der Waals surface area contributed by atoms with Crippen LogP contribution in [0.5, 0.6) is 11.5 Å². The van der Waals surface area contributed by atoms with Gasteiger partial charge in [0.05, 0.1) is 24.7 Å². The maximum Gasteiger partial charge on any atom is 0.241 e.